The Morgan fingerprint density at radius 1 is 1.14 bits per heavy atom. The lowest BCUT2D eigenvalue weighted by Gasteiger charge is -2.33. The van der Waals surface area contributed by atoms with Crippen LogP contribution in [0.5, 0.6) is 5.75 Å². The first-order valence-corrected chi connectivity index (χ1v) is 14.7. The number of hydrogen-bond donors (Lipinski definition) is 1. The summed E-state index contributed by atoms with van der Waals surface area (Å²) in [6.45, 7) is 8.72. The molecule has 0 spiro atoms. The number of likely N-dealkylation sites (tertiary alicyclic amines) is 1. The second-order valence-corrected chi connectivity index (χ2v) is 11.2. The topological polar surface area (TPSA) is 54.5 Å². The maximum atomic E-state index is 12.3. The summed E-state index contributed by atoms with van der Waals surface area (Å²) in [5.74, 6) is 2.16. The number of pyridine rings is 1. The minimum absolute atomic E-state index is 0.264. The van der Waals surface area contributed by atoms with Gasteiger partial charge < -0.3 is 15.0 Å². The van der Waals surface area contributed by atoms with Gasteiger partial charge in [-0.1, -0.05) is 45.6 Å². The van der Waals surface area contributed by atoms with E-state index in [9.17, 15) is 4.79 Å². The molecule has 0 bridgehead atoms. The summed E-state index contributed by atoms with van der Waals surface area (Å²) in [5, 5.41) is 4.39. The average Bonchev–Trinajstić information content (AvgIpc) is 2.92. The number of benzene rings is 1. The van der Waals surface area contributed by atoms with Crippen LogP contribution in [-0.2, 0) is 11.2 Å². The van der Waals surface area contributed by atoms with Gasteiger partial charge in [-0.2, -0.15) is 0 Å². The highest BCUT2D eigenvalue weighted by molar-refractivity contribution is 5.85. The first-order valence-electron chi connectivity index (χ1n) is 14.7. The zero-order valence-corrected chi connectivity index (χ0v) is 22.6. The highest BCUT2D eigenvalue weighted by Gasteiger charge is 2.23. The van der Waals surface area contributed by atoms with Gasteiger partial charge in [0.2, 0.25) is 5.91 Å². The molecule has 36 heavy (non-hydrogen) atoms. The number of ether oxygens (including phenoxy) is 1. The van der Waals surface area contributed by atoms with E-state index in [1.165, 1.54) is 49.5 Å². The van der Waals surface area contributed by atoms with Crippen LogP contribution in [0.4, 0.5) is 0 Å². The van der Waals surface area contributed by atoms with E-state index in [1.807, 2.05) is 12.3 Å². The van der Waals surface area contributed by atoms with Crippen molar-refractivity contribution in [3.63, 3.8) is 0 Å². The number of unbranched alkanes of at least 4 members (excludes halogenated alkanes) is 1. The van der Waals surface area contributed by atoms with E-state index < -0.39 is 0 Å². The molecule has 5 heteroatoms. The molecule has 1 amide bonds. The molecule has 5 nitrogen and oxygen atoms in total. The van der Waals surface area contributed by atoms with Crippen molar-refractivity contribution in [1.29, 1.82) is 0 Å². The van der Waals surface area contributed by atoms with Crippen molar-refractivity contribution in [3.05, 3.63) is 36.0 Å². The lowest BCUT2D eigenvalue weighted by Crippen LogP contribution is -2.39. The summed E-state index contributed by atoms with van der Waals surface area (Å²) >= 11 is 0. The smallest absolute Gasteiger partial charge is 0.223 e. The number of aryl methyl sites for hydroxylation is 1. The fraction of sp³-hybridized carbons (Fsp3) is 0.677. The lowest BCUT2D eigenvalue weighted by atomic mass is 9.88. The van der Waals surface area contributed by atoms with E-state index in [1.54, 1.807) is 0 Å². The third kappa shape index (κ3) is 7.93. The number of piperidine rings is 1. The molecule has 2 heterocycles. The summed E-state index contributed by atoms with van der Waals surface area (Å²) in [5.41, 5.74) is 2.35. The molecule has 2 aliphatic rings. The average molecular weight is 494 g/mol. The molecule has 198 valence electrons. The highest BCUT2D eigenvalue weighted by atomic mass is 16.5. The summed E-state index contributed by atoms with van der Waals surface area (Å²) in [6.07, 6.45) is 15.9. The molecule has 0 radical (unpaired) electrons. The molecular weight excluding hydrogens is 446 g/mol. The number of nitrogens with one attached hydrogen (secondary N) is 1. The number of fused-ring (bicyclic) bond motifs is 1. The van der Waals surface area contributed by atoms with Gasteiger partial charge >= 0.3 is 0 Å². The number of carbonyl (C=O) groups excluding carboxylic acids is 1. The van der Waals surface area contributed by atoms with Gasteiger partial charge in [0.15, 0.2) is 0 Å². The minimum atomic E-state index is 0.264. The summed E-state index contributed by atoms with van der Waals surface area (Å²) in [6, 6.07) is 8.66. The number of aromatic nitrogens is 1. The summed E-state index contributed by atoms with van der Waals surface area (Å²) in [4.78, 5) is 19.6. The van der Waals surface area contributed by atoms with Gasteiger partial charge in [0.05, 0.1) is 0 Å². The maximum absolute atomic E-state index is 12.3. The van der Waals surface area contributed by atoms with Gasteiger partial charge in [-0.3, -0.25) is 9.78 Å². The molecule has 1 unspecified atom stereocenters. The van der Waals surface area contributed by atoms with Crippen LogP contribution in [0.25, 0.3) is 10.9 Å². The van der Waals surface area contributed by atoms with Crippen molar-refractivity contribution in [2.24, 2.45) is 11.8 Å². The van der Waals surface area contributed by atoms with Crippen LogP contribution in [0.15, 0.2) is 30.5 Å². The van der Waals surface area contributed by atoms with Crippen LogP contribution in [0.2, 0.25) is 0 Å². The molecule has 1 atom stereocenters. The van der Waals surface area contributed by atoms with Crippen LogP contribution >= 0.6 is 0 Å². The quantitative estimate of drug-likeness (QED) is 0.365. The Morgan fingerprint density at radius 3 is 2.72 bits per heavy atom. The van der Waals surface area contributed by atoms with E-state index in [0.29, 0.717) is 11.8 Å². The molecule has 1 saturated carbocycles. The summed E-state index contributed by atoms with van der Waals surface area (Å²) in [7, 11) is 0. The Labute approximate surface area is 218 Å². The Bertz CT molecular complexity index is 948. The standard InChI is InChI=1S/C31H47N3O2/c1-3-4-9-25-22-27-12-8-17-32-30(27)29(23-25)36-28-15-20-34(21-16-28)19-14-24(2)13-18-33-31(35)26-10-6-5-7-11-26/h8,12,17,22-24,26,28H,3-7,9-11,13-16,18-21H2,1-2H3,(H,33,35). The zero-order valence-electron chi connectivity index (χ0n) is 22.6. The number of amides is 1. The highest BCUT2D eigenvalue weighted by Crippen LogP contribution is 2.29. The van der Waals surface area contributed by atoms with Gasteiger partial charge in [0.25, 0.3) is 0 Å². The normalized spacial score (nSPS) is 18.8. The minimum Gasteiger partial charge on any atom is -0.488 e. The van der Waals surface area contributed by atoms with Crippen LogP contribution < -0.4 is 10.1 Å². The maximum Gasteiger partial charge on any atom is 0.223 e. The molecule has 1 aliphatic carbocycles. The monoisotopic (exact) mass is 493 g/mol. The van der Waals surface area contributed by atoms with Crippen molar-refractivity contribution in [2.45, 2.75) is 97.0 Å². The van der Waals surface area contributed by atoms with Crippen LogP contribution in [-0.4, -0.2) is 48.1 Å². The number of carbonyl (C=O) groups is 1. The van der Waals surface area contributed by atoms with E-state index in [4.69, 9.17) is 4.74 Å². The molecule has 1 saturated heterocycles. The lowest BCUT2D eigenvalue weighted by molar-refractivity contribution is -0.125. The van der Waals surface area contributed by atoms with Gasteiger partial charge in [-0.05, 0) is 87.6 Å². The molecule has 1 aliphatic heterocycles. The fourth-order valence-corrected chi connectivity index (χ4v) is 5.76. The number of hydrogen-bond acceptors (Lipinski definition) is 4. The predicted octanol–water partition coefficient (Wildman–Crippen LogP) is 6.53. The summed E-state index contributed by atoms with van der Waals surface area (Å²) < 4.78 is 6.56. The molecule has 2 fully saturated rings. The zero-order chi connectivity index (χ0) is 25.2. The van der Waals surface area contributed by atoms with E-state index in [0.717, 1.165) is 76.0 Å². The van der Waals surface area contributed by atoms with E-state index >= 15 is 0 Å². The van der Waals surface area contributed by atoms with Crippen LogP contribution in [0, 0.1) is 11.8 Å². The van der Waals surface area contributed by atoms with Crippen molar-refractivity contribution in [2.75, 3.05) is 26.2 Å². The van der Waals surface area contributed by atoms with Gasteiger partial charge in [0.1, 0.15) is 17.4 Å². The van der Waals surface area contributed by atoms with E-state index in [2.05, 4.69) is 47.2 Å². The van der Waals surface area contributed by atoms with Crippen molar-refractivity contribution < 1.29 is 9.53 Å². The first-order chi connectivity index (χ1) is 17.6. The second-order valence-electron chi connectivity index (χ2n) is 11.2. The second kappa shape index (κ2) is 14.0. The Morgan fingerprint density at radius 2 is 1.94 bits per heavy atom. The largest absolute Gasteiger partial charge is 0.488 e. The fourth-order valence-electron chi connectivity index (χ4n) is 5.76. The number of nitrogens with zero attached hydrogens (tertiary/aromatic N) is 2. The third-order valence-electron chi connectivity index (χ3n) is 8.23. The Hall–Kier alpha value is -2.14. The Balaban J connectivity index is 1.17. The molecule has 1 N–H and O–H groups in total. The van der Waals surface area contributed by atoms with Crippen LogP contribution in [0.3, 0.4) is 0 Å². The molecule has 4 rings (SSSR count). The van der Waals surface area contributed by atoms with Gasteiger partial charge in [-0.25, -0.2) is 0 Å². The third-order valence-corrected chi connectivity index (χ3v) is 8.23. The molecule has 2 aromatic rings. The number of rotatable bonds is 12. The van der Waals surface area contributed by atoms with Crippen molar-refractivity contribution in [1.82, 2.24) is 15.2 Å². The van der Waals surface area contributed by atoms with Crippen molar-refractivity contribution in [3.8, 4) is 5.75 Å². The SMILES string of the molecule is CCCCc1cc(OC2CCN(CCC(C)CCNC(=O)C3CCCCC3)CC2)c2ncccc2c1. The molecule has 1 aromatic carbocycles. The first kappa shape index (κ1) is 26.9. The van der Waals surface area contributed by atoms with E-state index in [-0.39, 0.29) is 12.0 Å². The Kier molecular flexibility index (Phi) is 10.4. The van der Waals surface area contributed by atoms with Crippen molar-refractivity contribution >= 4 is 16.8 Å². The predicted molar refractivity (Wildman–Crippen MR) is 148 cm³/mol. The van der Waals surface area contributed by atoms with Gasteiger partial charge in [-0.15, -0.1) is 0 Å². The molecular formula is C31H47N3O2. The molecule has 1 aromatic heterocycles. The van der Waals surface area contributed by atoms with Gasteiger partial charge in [0, 0.05) is 37.1 Å². The van der Waals surface area contributed by atoms with Crippen LogP contribution in [0.1, 0.15) is 90.0 Å².